The van der Waals surface area contributed by atoms with Crippen molar-refractivity contribution < 1.29 is 17.4 Å². The summed E-state index contributed by atoms with van der Waals surface area (Å²) in [5, 5.41) is 8.78. The molecule has 1 rings (SSSR count). The average molecular weight is 196 g/mol. The van der Waals surface area contributed by atoms with E-state index in [-0.39, 0.29) is 5.69 Å². The maximum Gasteiger partial charge on any atom is 0.325 e. The van der Waals surface area contributed by atoms with Gasteiger partial charge in [0.2, 0.25) is 5.88 Å². The van der Waals surface area contributed by atoms with Crippen LogP contribution in [0.15, 0.2) is 4.79 Å². The maximum atomic E-state index is 12.0. The molecule has 3 N–H and O–H groups in total. The second-order valence-corrected chi connectivity index (χ2v) is 3.46. The fraction of sp³-hybridized carbons (Fsp3) is 0.250. The molecule has 8 heteroatoms. The van der Waals surface area contributed by atoms with Gasteiger partial charge in [-0.3, -0.25) is 4.98 Å². The van der Waals surface area contributed by atoms with E-state index in [1.54, 1.807) is 0 Å². The van der Waals surface area contributed by atoms with E-state index in [2.05, 4.69) is 0 Å². The van der Waals surface area contributed by atoms with Gasteiger partial charge in [-0.05, 0) is 0 Å². The summed E-state index contributed by atoms with van der Waals surface area (Å²) in [5.74, 6) is -1.71. The zero-order valence-corrected chi connectivity index (χ0v) is 6.48. The Bertz CT molecular complexity index is 430. The molecule has 0 bridgehead atoms. The lowest BCUT2D eigenvalue weighted by Crippen LogP contribution is -2.03. The van der Waals surface area contributed by atoms with Gasteiger partial charge in [0.05, 0.1) is 5.69 Å². The lowest BCUT2D eigenvalue weighted by molar-refractivity contribution is 0.449. The molecule has 0 unspecified atom stereocenters. The summed E-state index contributed by atoms with van der Waals surface area (Å²) in [6, 6.07) is 0. The standard InChI is InChI=1S/C4H5FN2O4S/c5-12(10,11)1-2-3(8)7-4(9)6-2/h8H,1H2,(H2,6,7,9). The van der Waals surface area contributed by atoms with Gasteiger partial charge in [0, 0.05) is 0 Å². The third-order valence-electron chi connectivity index (χ3n) is 1.10. The first kappa shape index (κ1) is 8.78. The van der Waals surface area contributed by atoms with E-state index in [0.717, 1.165) is 0 Å². The Kier molecular flexibility index (Phi) is 1.92. The molecule has 68 valence electrons. The molecule has 0 amide bonds. The van der Waals surface area contributed by atoms with Crippen LogP contribution >= 0.6 is 0 Å². The zero-order chi connectivity index (χ0) is 9.35. The van der Waals surface area contributed by atoms with Crippen LogP contribution in [-0.4, -0.2) is 23.5 Å². The van der Waals surface area contributed by atoms with Crippen LogP contribution in [0.2, 0.25) is 0 Å². The lowest BCUT2D eigenvalue weighted by Gasteiger charge is -1.90. The summed E-state index contributed by atoms with van der Waals surface area (Å²) in [5.41, 5.74) is -1.17. The fourth-order valence-electron chi connectivity index (χ4n) is 0.687. The molecule has 6 nitrogen and oxygen atoms in total. The number of halogens is 1. The van der Waals surface area contributed by atoms with Crippen LogP contribution in [0, 0.1) is 0 Å². The molecule has 0 aliphatic carbocycles. The van der Waals surface area contributed by atoms with Crippen LogP contribution < -0.4 is 5.69 Å². The molecule has 1 aromatic rings. The second-order valence-electron chi connectivity index (χ2n) is 2.09. The topological polar surface area (TPSA) is 103 Å². The molecule has 0 saturated carbocycles. The number of aromatic hydroxyl groups is 1. The van der Waals surface area contributed by atoms with Gasteiger partial charge >= 0.3 is 15.9 Å². The van der Waals surface area contributed by atoms with Crippen LogP contribution in [-0.2, 0) is 16.0 Å². The highest BCUT2D eigenvalue weighted by molar-refractivity contribution is 7.85. The Hall–Kier alpha value is -1.31. The first-order chi connectivity index (χ1) is 5.38. The maximum absolute atomic E-state index is 12.0. The van der Waals surface area contributed by atoms with Crippen molar-refractivity contribution in [2.45, 2.75) is 5.75 Å². The molecule has 0 spiro atoms. The van der Waals surface area contributed by atoms with Crippen molar-refractivity contribution in [2.24, 2.45) is 0 Å². The van der Waals surface area contributed by atoms with Gasteiger partial charge in [-0.15, -0.1) is 3.89 Å². The van der Waals surface area contributed by atoms with Crippen LogP contribution in [0.1, 0.15) is 5.69 Å². The van der Waals surface area contributed by atoms with Gasteiger partial charge in [-0.2, -0.15) is 8.42 Å². The highest BCUT2D eigenvalue weighted by atomic mass is 32.3. The van der Waals surface area contributed by atoms with Gasteiger partial charge in [0.15, 0.2) is 0 Å². The van der Waals surface area contributed by atoms with E-state index in [0.29, 0.717) is 0 Å². The summed E-state index contributed by atoms with van der Waals surface area (Å²) in [4.78, 5) is 14.2. The number of rotatable bonds is 2. The number of nitrogens with one attached hydrogen (secondary N) is 2. The predicted molar refractivity (Wildman–Crippen MR) is 36.8 cm³/mol. The van der Waals surface area contributed by atoms with Crippen molar-refractivity contribution in [1.29, 1.82) is 0 Å². The minimum Gasteiger partial charge on any atom is -0.493 e. The van der Waals surface area contributed by atoms with Gasteiger partial charge in [0.1, 0.15) is 5.75 Å². The van der Waals surface area contributed by atoms with Crippen molar-refractivity contribution in [2.75, 3.05) is 0 Å². The van der Waals surface area contributed by atoms with Crippen molar-refractivity contribution in [3.05, 3.63) is 16.2 Å². The van der Waals surface area contributed by atoms with E-state index in [1.165, 1.54) is 0 Å². The van der Waals surface area contributed by atoms with Crippen LogP contribution in [0.4, 0.5) is 3.89 Å². The summed E-state index contributed by atoms with van der Waals surface area (Å²) in [6.45, 7) is 0. The van der Waals surface area contributed by atoms with E-state index in [9.17, 15) is 17.1 Å². The molecule has 0 aromatic carbocycles. The van der Waals surface area contributed by atoms with Gasteiger partial charge in [-0.25, -0.2) is 4.79 Å². The van der Waals surface area contributed by atoms with E-state index in [4.69, 9.17) is 5.11 Å². The third kappa shape index (κ3) is 2.09. The number of hydrogen-bond acceptors (Lipinski definition) is 4. The number of hydrogen-bond donors (Lipinski definition) is 3. The average Bonchev–Trinajstić information content (AvgIpc) is 2.06. The molecule has 12 heavy (non-hydrogen) atoms. The lowest BCUT2D eigenvalue weighted by atomic mass is 10.5. The first-order valence-electron chi connectivity index (χ1n) is 2.81. The molecule has 0 atom stereocenters. The van der Waals surface area contributed by atoms with Crippen LogP contribution in [0.25, 0.3) is 0 Å². The highest BCUT2D eigenvalue weighted by Crippen LogP contribution is 2.11. The Balaban J connectivity index is 3.05. The van der Waals surface area contributed by atoms with Gasteiger partial charge in [0.25, 0.3) is 0 Å². The molecule has 1 heterocycles. The second kappa shape index (κ2) is 2.63. The summed E-state index contributed by atoms with van der Waals surface area (Å²) in [6.07, 6.45) is 0. The van der Waals surface area contributed by atoms with Crippen molar-refractivity contribution in [1.82, 2.24) is 9.97 Å². The molecule has 0 radical (unpaired) electrons. The van der Waals surface area contributed by atoms with Gasteiger partial charge in [-0.1, -0.05) is 0 Å². The predicted octanol–water partition coefficient (Wildman–Crippen LogP) is -0.792. The normalized spacial score (nSPS) is 11.8. The molecular weight excluding hydrogens is 191 g/mol. The Morgan fingerprint density at radius 2 is 2.00 bits per heavy atom. The Morgan fingerprint density at radius 1 is 1.42 bits per heavy atom. The van der Waals surface area contributed by atoms with E-state index < -0.39 is 27.5 Å². The molecule has 0 saturated heterocycles. The molecule has 0 fully saturated rings. The molecule has 1 aromatic heterocycles. The monoisotopic (exact) mass is 196 g/mol. The van der Waals surface area contributed by atoms with Crippen molar-refractivity contribution >= 4 is 10.2 Å². The molecule has 0 aliphatic rings. The van der Waals surface area contributed by atoms with Crippen molar-refractivity contribution in [3.8, 4) is 5.88 Å². The van der Waals surface area contributed by atoms with Crippen molar-refractivity contribution in [3.63, 3.8) is 0 Å². The minimum absolute atomic E-state index is 0.387. The first-order valence-corrected chi connectivity index (χ1v) is 4.36. The number of aromatic amines is 2. The van der Waals surface area contributed by atoms with Crippen LogP contribution in [0.5, 0.6) is 5.88 Å². The summed E-state index contributed by atoms with van der Waals surface area (Å²) in [7, 11) is -4.74. The SMILES string of the molecule is O=c1[nH]c(O)c(CS(=O)(=O)F)[nH]1. The van der Waals surface area contributed by atoms with E-state index >= 15 is 0 Å². The third-order valence-corrected chi connectivity index (χ3v) is 1.73. The Labute approximate surface area is 66.3 Å². The summed E-state index contributed by atoms with van der Waals surface area (Å²) < 4.78 is 32.1. The molecular formula is C4H5FN2O4S. The minimum atomic E-state index is -4.74. The zero-order valence-electron chi connectivity index (χ0n) is 5.67. The van der Waals surface area contributed by atoms with E-state index in [1.807, 2.05) is 9.97 Å². The number of imidazole rings is 1. The Morgan fingerprint density at radius 3 is 2.33 bits per heavy atom. The smallest absolute Gasteiger partial charge is 0.325 e. The number of H-pyrrole nitrogens is 2. The largest absolute Gasteiger partial charge is 0.493 e. The highest BCUT2D eigenvalue weighted by Gasteiger charge is 2.14. The number of aromatic nitrogens is 2. The molecule has 0 aliphatic heterocycles. The van der Waals surface area contributed by atoms with Crippen LogP contribution in [0.3, 0.4) is 0 Å². The van der Waals surface area contributed by atoms with Gasteiger partial charge < -0.3 is 10.1 Å². The fourth-order valence-corrected chi connectivity index (χ4v) is 1.24. The summed E-state index contributed by atoms with van der Waals surface area (Å²) >= 11 is 0. The quantitative estimate of drug-likeness (QED) is 0.539.